The van der Waals surface area contributed by atoms with Gasteiger partial charge in [0.05, 0.1) is 0 Å². The van der Waals surface area contributed by atoms with Crippen LogP contribution in [-0.2, 0) is 14.1 Å². The van der Waals surface area contributed by atoms with E-state index in [-0.39, 0.29) is 11.5 Å². The van der Waals surface area contributed by atoms with Crippen molar-refractivity contribution in [2.75, 3.05) is 31.0 Å². The number of nitrogens with zero attached hydrogens (tertiary/aromatic N) is 1. The minimum atomic E-state index is -2.52. The molecule has 23 heavy (non-hydrogen) atoms. The van der Waals surface area contributed by atoms with Crippen molar-refractivity contribution in [1.82, 2.24) is 0 Å². The summed E-state index contributed by atoms with van der Waals surface area (Å²) in [5.74, 6) is 2.67. The summed E-state index contributed by atoms with van der Waals surface area (Å²) < 4.78 is 12.5. The van der Waals surface area contributed by atoms with E-state index in [0.717, 1.165) is 11.3 Å². The maximum atomic E-state index is 12.5. The molecule has 0 radical (unpaired) electrons. The summed E-state index contributed by atoms with van der Waals surface area (Å²) in [6.45, 7) is 0. The van der Waals surface area contributed by atoms with Gasteiger partial charge in [0.1, 0.15) is 6.26 Å². The lowest BCUT2D eigenvalue weighted by Gasteiger charge is -2.12. The lowest BCUT2D eigenvalue weighted by Crippen LogP contribution is -2.19. The first kappa shape index (κ1) is 17.0. The van der Waals surface area contributed by atoms with Crippen LogP contribution in [0.4, 0.5) is 5.69 Å². The molecule has 4 heteroatoms. The van der Waals surface area contributed by atoms with E-state index >= 15 is 0 Å². The SMILES string of the molecule is CN(C)c1ccc(C(=O)C[S+](C)(=O)C#Cc2ccccc2)cc1. The van der Waals surface area contributed by atoms with Crippen molar-refractivity contribution in [1.29, 1.82) is 0 Å². The highest BCUT2D eigenvalue weighted by Crippen LogP contribution is 2.14. The number of carbonyl (C=O) groups excluding carboxylic acids is 1. The third kappa shape index (κ3) is 5.08. The number of hydrogen-bond acceptors (Lipinski definition) is 3. The molecule has 2 aromatic rings. The van der Waals surface area contributed by atoms with Crippen LogP contribution in [0.25, 0.3) is 0 Å². The average Bonchev–Trinajstić information content (AvgIpc) is 2.54. The maximum absolute atomic E-state index is 12.5. The van der Waals surface area contributed by atoms with Gasteiger partial charge in [-0.05, 0) is 42.3 Å². The number of ketones is 1. The van der Waals surface area contributed by atoms with Crippen molar-refractivity contribution >= 4 is 21.4 Å². The maximum Gasteiger partial charge on any atom is 0.212 e. The molecule has 0 aliphatic rings. The summed E-state index contributed by atoms with van der Waals surface area (Å²) in [4.78, 5) is 14.3. The lowest BCUT2D eigenvalue weighted by atomic mass is 10.1. The van der Waals surface area contributed by atoms with E-state index in [1.165, 1.54) is 6.26 Å². The second-order valence-electron chi connectivity index (χ2n) is 5.61. The van der Waals surface area contributed by atoms with Crippen LogP contribution < -0.4 is 4.90 Å². The third-order valence-corrected chi connectivity index (χ3v) is 4.64. The van der Waals surface area contributed by atoms with Gasteiger partial charge in [0, 0.05) is 30.9 Å². The van der Waals surface area contributed by atoms with E-state index < -0.39 is 9.93 Å². The van der Waals surface area contributed by atoms with E-state index in [1.807, 2.05) is 61.5 Å². The Morgan fingerprint density at radius 2 is 1.65 bits per heavy atom. The highest BCUT2D eigenvalue weighted by atomic mass is 32.2. The van der Waals surface area contributed by atoms with Gasteiger partial charge < -0.3 is 4.90 Å². The van der Waals surface area contributed by atoms with Crippen LogP contribution in [0.1, 0.15) is 15.9 Å². The molecule has 118 valence electrons. The molecule has 2 aromatic carbocycles. The monoisotopic (exact) mass is 326 g/mol. The van der Waals surface area contributed by atoms with Crippen molar-refractivity contribution in [3.05, 3.63) is 65.7 Å². The molecule has 0 N–H and O–H groups in total. The zero-order valence-electron chi connectivity index (χ0n) is 13.6. The van der Waals surface area contributed by atoms with E-state index in [4.69, 9.17) is 0 Å². The van der Waals surface area contributed by atoms with Crippen LogP contribution in [0.5, 0.6) is 0 Å². The Labute approximate surface area is 138 Å². The number of rotatable bonds is 4. The van der Waals surface area contributed by atoms with Gasteiger partial charge >= 0.3 is 0 Å². The van der Waals surface area contributed by atoms with Crippen molar-refractivity contribution in [3.8, 4) is 11.2 Å². The largest absolute Gasteiger partial charge is 0.378 e. The van der Waals surface area contributed by atoms with Gasteiger partial charge in [-0.25, -0.2) is 0 Å². The number of benzene rings is 2. The predicted octanol–water partition coefficient (Wildman–Crippen LogP) is 3.07. The Bertz CT molecular complexity index is 784. The highest BCUT2D eigenvalue weighted by molar-refractivity contribution is 8.07. The van der Waals surface area contributed by atoms with Crippen LogP contribution in [0.3, 0.4) is 0 Å². The van der Waals surface area contributed by atoms with Crippen molar-refractivity contribution < 1.29 is 9.00 Å². The molecule has 0 bridgehead atoms. The standard InChI is InChI=1S/C19H20NO2S/c1-20(2)18-11-9-17(10-12-18)19(21)15-23(3,22)14-13-16-7-5-4-6-8-16/h4-12H,15H2,1-3H3/q+1. The van der Waals surface area contributed by atoms with Crippen molar-refractivity contribution in [2.45, 2.75) is 0 Å². The van der Waals surface area contributed by atoms with Crippen LogP contribution in [-0.4, -0.2) is 31.9 Å². The minimum Gasteiger partial charge on any atom is -0.378 e. The average molecular weight is 326 g/mol. The minimum absolute atomic E-state index is 0.0614. The summed E-state index contributed by atoms with van der Waals surface area (Å²) in [5, 5.41) is 2.75. The third-order valence-electron chi connectivity index (χ3n) is 3.30. The van der Waals surface area contributed by atoms with Gasteiger partial charge in [0.25, 0.3) is 0 Å². The molecule has 0 aliphatic carbocycles. The van der Waals surface area contributed by atoms with Crippen molar-refractivity contribution in [2.24, 2.45) is 0 Å². The molecule has 0 saturated heterocycles. The van der Waals surface area contributed by atoms with E-state index in [0.29, 0.717) is 5.56 Å². The number of carbonyl (C=O) groups is 1. The molecule has 0 aliphatic heterocycles. The van der Waals surface area contributed by atoms with Gasteiger partial charge in [-0.3, -0.25) is 4.79 Å². The first-order valence-electron chi connectivity index (χ1n) is 7.23. The summed E-state index contributed by atoms with van der Waals surface area (Å²) in [6.07, 6.45) is 1.54. The quantitative estimate of drug-likeness (QED) is 0.492. The molecule has 2 rings (SSSR count). The fraction of sp³-hybridized carbons (Fsp3) is 0.211. The predicted molar refractivity (Wildman–Crippen MR) is 97.3 cm³/mol. The first-order valence-corrected chi connectivity index (χ1v) is 9.36. The zero-order valence-corrected chi connectivity index (χ0v) is 14.4. The second kappa shape index (κ2) is 7.26. The lowest BCUT2D eigenvalue weighted by molar-refractivity contribution is 0.102. The molecule has 1 unspecified atom stereocenters. The summed E-state index contributed by atoms with van der Waals surface area (Å²) in [5.41, 5.74) is 2.37. The first-order chi connectivity index (χ1) is 10.9. The van der Waals surface area contributed by atoms with Gasteiger partial charge in [-0.2, -0.15) is 0 Å². The Morgan fingerprint density at radius 3 is 2.22 bits per heavy atom. The van der Waals surface area contributed by atoms with Gasteiger partial charge in [-0.15, -0.1) is 0 Å². The second-order valence-corrected chi connectivity index (χ2v) is 8.11. The Balaban J connectivity index is 2.09. The molecule has 1 atom stereocenters. The number of anilines is 1. The molecule has 0 saturated carbocycles. The summed E-state index contributed by atoms with van der Waals surface area (Å²) in [6, 6.07) is 16.6. The summed E-state index contributed by atoms with van der Waals surface area (Å²) >= 11 is 0. The number of Topliss-reactive ketones (excluding diaryl/α,β-unsaturated/α-hetero) is 1. The fourth-order valence-corrected chi connectivity index (χ4v) is 3.08. The molecule has 0 fully saturated rings. The molecular weight excluding hydrogens is 306 g/mol. The van der Waals surface area contributed by atoms with Crippen LogP contribution in [0, 0.1) is 11.2 Å². The van der Waals surface area contributed by atoms with Gasteiger partial charge in [-0.1, -0.05) is 22.4 Å². The smallest absolute Gasteiger partial charge is 0.212 e. The van der Waals surface area contributed by atoms with E-state index in [2.05, 4.69) is 11.2 Å². The highest BCUT2D eigenvalue weighted by Gasteiger charge is 2.24. The summed E-state index contributed by atoms with van der Waals surface area (Å²) in [7, 11) is 1.35. The van der Waals surface area contributed by atoms with Crippen molar-refractivity contribution in [3.63, 3.8) is 0 Å². The number of hydrogen-bond donors (Lipinski definition) is 0. The van der Waals surface area contributed by atoms with Crippen LogP contribution >= 0.6 is 0 Å². The molecule has 0 aromatic heterocycles. The normalized spacial score (nSPS) is 12.7. The topological polar surface area (TPSA) is 37.4 Å². The van der Waals surface area contributed by atoms with E-state index in [9.17, 15) is 9.00 Å². The fourth-order valence-electron chi connectivity index (χ4n) is 2.00. The molecule has 3 nitrogen and oxygen atoms in total. The van der Waals surface area contributed by atoms with Gasteiger partial charge in [0.15, 0.2) is 20.9 Å². The zero-order chi connectivity index (χ0) is 16.9. The van der Waals surface area contributed by atoms with E-state index in [1.54, 1.807) is 12.1 Å². The molecular formula is C19H20NO2S+. The molecule has 0 spiro atoms. The Kier molecular flexibility index (Phi) is 5.36. The van der Waals surface area contributed by atoms with Crippen LogP contribution in [0.2, 0.25) is 0 Å². The molecule has 0 heterocycles. The molecule has 0 amide bonds. The van der Waals surface area contributed by atoms with Gasteiger partial charge in [0.2, 0.25) is 5.78 Å². The Morgan fingerprint density at radius 1 is 1.04 bits per heavy atom. The van der Waals surface area contributed by atoms with Crippen LogP contribution in [0.15, 0.2) is 54.6 Å². The Hall–Kier alpha value is -2.38.